The average molecular weight is 712 g/mol. The Hall–Kier alpha value is -4.93. The van der Waals surface area contributed by atoms with Gasteiger partial charge in [0.05, 0.1) is 42.7 Å². The highest BCUT2D eigenvalue weighted by Crippen LogP contribution is 2.38. The van der Waals surface area contributed by atoms with E-state index in [1.54, 1.807) is 37.8 Å². The molecule has 6 rings (SSSR count). The Labute approximate surface area is 284 Å². The van der Waals surface area contributed by atoms with E-state index in [4.69, 9.17) is 23.9 Å². The predicted octanol–water partition coefficient (Wildman–Crippen LogP) is 6.29. The second-order valence-corrected chi connectivity index (χ2v) is 12.5. The summed E-state index contributed by atoms with van der Waals surface area (Å²) in [7, 11) is 3.10. The highest BCUT2D eigenvalue weighted by molar-refractivity contribution is 9.10. The molecule has 1 aliphatic heterocycles. The fraction of sp³-hybridized carbons (Fsp3) is 0.162. The molecule has 0 saturated heterocycles. The summed E-state index contributed by atoms with van der Waals surface area (Å²) in [4.78, 5) is 33.3. The van der Waals surface area contributed by atoms with E-state index in [-0.39, 0.29) is 17.7 Å². The molecule has 4 aromatic carbocycles. The van der Waals surface area contributed by atoms with Crippen LogP contribution >= 0.6 is 27.3 Å². The van der Waals surface area contributed by atoms with Gasteiger partial charge in [0, 0.05) is 10.0 Å². The Balaban J connectivity index is 1.46. The zero-order valence-corrected chi connectivity index (χ0v) is 28.3. The molecule has 0 aliphatic carbocycles. The van der Waals surface area contributed by atoms with E-state index in [0.717, 1.165) is 21.2 Å². The predicted molar refractivity (Wildman–Crippen MR) is 186 cm³/mol. The molecule has 10 heteroatoms. The van der Waals surface area contributed by atoms with E-state index in [1.165, 1.54) is 11.3 Å². The van der Waals surface area contributed by atoms with Crippen LogP contribution in [0.4, 0.5) is 0 Å². The molecule has 0 amide bonds. The van der Waals surface area contributed by atoms with Crippen molar-refractivity contribution in [2.24, 2.45) is 4.99 Å². The number of benzene rings is 4. The van der Waals surface area contributed by atoms with E-state index in [2.05, 4.69) is 15.9 Å². The highest BCUT2D eigenvalue weighted by atomic mass is 79.9. The van der Waals surface area contributed by atoms with Gasteiger partial charge >= 0.3 is 5.97 Å². The minimum absolute atomic E-state index is 0.163. The molecule has 2 heterocycles. The molecular formula is C37H31BrN2O6S. The molecule has 5 aromatic rings. The van der Waals surface area contributed by atoms with Gasteiger partial charge in [0.1, 0.15) is 12.4 Å². The summed E-state index contributed by atoms with van der Waals surface area (Å²) in [5.41, 5.74) is 3.69. The summed E-state index contributed by atoms with van der Waals surface area (Å²) in [6, 6.07) is 29.5. The van der Waals surface area contributed by atoms with Crippen molar-refractivity contribution in [3.05, 3.63) is 149 Å². The quantitative estimate of drug-likeness (QED) is 0.158. The lowest BCUT2D eigenvalue weighted by Gasteiger charge is -2.26. The van der Waals surface area contributed by atoms with Crippen LogP contribution in [-0.4, -0.2) is 31.4 Å². The number of hydrogen-bond donors (Lipinski definition) is 0. The summed E-state index contributed by atoms with van der Waals surface area (Å²) >= 11 is 4.71. The molecule has 0 N–H and O–H groups in total. The molecule has 0 fully saturated rings. The number of aromatic nitrogens is 1. The topological polar surface area (TPSA) is 88.4 Å². The molecule has 1 atom stereocenters. The van der Waals surface area contributed by atoms with Crippen molar-refractivity contribution in [2.75, 3.05) is 20.8 Å². The number of carbonyl (C=O) groups excluding carboxylic acids is 1. The number of ether oxygens (including phenoxy) is 4. The Morgan fingerprint density at radius 2 is 1.66 bits per heavy atom. The van der Waals surface area contributed by atoms with Gasteiger partial charge in [-0.25, -0.2) is 9.79 Å². The Morgan fingerprint density at radius 1 is 0.936 bits per heavy atom. The van der Waals surface area contributed by atoms with Crippen molar-refractivity contribution >= 4 is 45.0 Å². The van der Waals surface area contributed by atoms with Crippen molar-refractivity contribution in [3.63, 3.8) is 0 Å². The lowest BCUT2D eigenvalue weighted by Crippen LogP contribution is -2.40. The average Bonchev–Trinajstić information content (AvgIpc) is 3.41. The third-order valence-corrected chi connectivity index (χ3v) is 9.11. The summed E-state index contributed by atoms with van der Waals surface area (Å²) < 4.78 is 25.6. The lowest BCUT2D eigenvalue weighted by atomic mass is 9.93. The van der Waals surface area contributed by atoms with E-state index in [0.29, 0.717) is 44.4 Å². The van der Waals surface area contributed by atoms with E-state index in [9.17, 15) is 9.59 Å². The molecule has 238 valence electrons. The molecule has 1 aromatic heterocycles. The van der Waals surface area contributed by atoms with Crippen LogP contribution in [0, 0.1) is 0 Å². The first-order valence-corrected chi connectivity index (χ1v) is 16.5. The van der Waals surface area contributed by atoms with Crippen molar-refractivity contribution < 1.29 is 23.7 Å². The summed E-state index contributed by atoms with van der Waals surface area (Å²) in [6.07, 6.45) is 1.82. The maximum atomic E-state index is 14.2. The second-order valence-electron chi connectivity index (χ2n) is 10.5. The van der Waals surface area contributed by atoms with Crippen LogP contribution in [-0.2, 0) is 16.1 Å². The van der Waals surface area contributed by atoms with Crippen LogP contribution in [0.5, 0.6) is 17.2 Å². The van der Waals surface area contributed by atoms with Crippen LogP contribution in [0.2, 0.25) is 0 Å². The van der Waals surface area contributed by atoms with Crippen LogP contribution in [0.25, 0.3) is 11.8 Å². The van der Waals surface area contributed by atoms with E-state index in [1.807, 2.05) is 91.0 Å². The molecule has 0 bridgehead atoms. The Kier molecular flexibility index (Phi) is 9.70. The van der Waals surface area contributed by atoms with Crippen molar-refractivity contribution in [1.82, 2.24) is 4.57 Å². The van der Waals surface area contributed by atoms with E-state index < -0.39 is 12.0 Å². The lowest BCUT2D eigenvalue weighted by molar-refractivity contribution is -0.138. The monoisotopic (exact) mass is 710 g/mol. The Morgan fingerprint density at radius 3 is 2.34 bits per heavy atom. The number of carbonyl (C=O) groups is 1. The molecule has 1 aliphatic rings. The molecule has 0 spiro atoms. The normalized spacial score (nSPS) is 14.3. The number of methoxy groups -OCH3 is 2. The number of fused-ring (bicyclic) bond motifs is 1. The fourth-order valence-corrected chi connectivity index (χ4v) is 6.60. The van der Waals surface area contributed by atoms with Gasteiger partial charge in [-0.2, -0.15) is 0 Å². The smallest absolute Gasteiger partial charge is 0.338 e. The van der Waals surface area contributed by atoms with Gasteiger partial charge in [-0.1, -0.05) is 87.9 Å². The number of rotatable bonds is 10. The molecule has 8 nitrogen and oxygen atoms in total. The molecule has 0 saturated carbocycles. The van der Waals surface area contributed by atoms with Crippen LogP contribution in [0.3, 0.4) is 0 Å². The zero-order chi connectivity index (χ0) is 32.9. The number of esters is 1. The molecule has 0 radical (unpaired) electrons. The van der Waals surface area contributed by atoms with Gasteiger partial charge in [0.15, 0.2) is 16.3 Å². The van der Waals surface area contributed by atoms with Gasteiger partial charge < -0.3 is 18.9 Å². The first-order valence-electron chi connectivity index (χ1n) is 14.9. The number of halogens is 1. The minimum Gasteiger partial charge on any atom is -0.493 e. The SMILES string of the molecule is CCOC(=O)C1=C(c2ccccc2)N=c2s/c(=C\c3ccc(OCc4ccc(Br)cc4)cc3)c(=O)n2[C@H]1c1ccc(OC)c(OC)c1. The van der Waals surface area contributed by atoms with Gasteiger partial charge in [-0.05, 0) is 66.1 Å². The first kappa shape index (κ1) is 32.0. The van der Waals surface area contributed by atoms with Crippen LogP contribution in [0.1, 0.15) is 35.2 Å². The van der Waals surface area contributed by atoms with Crippen molar-refractivity contribution in [2.45, 2.75) is 19.6 Å². The summed E-state index contributed by atoms with van der Waals surface area (Å²) in [6.45, 7) is 2.35. The summed E-state index contributed by atoms with van der Waals surface area (Å²) in [5.74, 6) is 1.16. The minimum atomic E-state index is -0.836. The van der Waals surface area contributed by atoms with Gasteiger partial charge in [-0.3, -0.25) is 9.36 Å². The van der Waals surface area contributed by atoms with Crippen molar-refractivity contribution in [1.29, 1.82) is 0 Å². The molecular weight excluding hydrogens is 680 g/mol. The van der Waals surface area contributed by atoms with Crippen LogP contribution < -0.4 is 29.1 Å². The first-order chi connectivity index (χ1) is 22.9. The number of thiazole rings is 1. The third kappa shape index (κ3) is 6.79. The maximum absolute atomic E-state index is 14.2. The molecule has 0 unspecified atom stereocenters. The summed E-state index contributed by atoms with van der Waals surface area (Å²) in [5, 5.41) is 0. The zero-order valence-electron chi connectivity index (χ0n) is 25.9. The van der Waals surface area contributed by atoms with Gasteiger partial charge in [0.2, 0.25) is 0 Å². The fourth-order valence-electron chi connectivity index (χ4n) is 5.34. The number of nitrogens with zero attached hydrogens (tertiary/aromatic N) is 2. The number of hydrogen-bond acceptors (Lipinski definition) is 8. The van der Waals surface area contributed by atoms with Gasteiger partial charge in [-0.15, -0.1) is 0 Å². The van der Waals surface area contributed by atoms with Gasteiger partial charge in [0.25, 0.3) is 5.56 Å². The standard InChI is InChI=1S/C37H31BrN2O6S/c1-4-45-36(42)32-33(25-8-6-5-7-9-25)39-37-40(34(32)26-14-19-29(43-2)30(21-26)44-3)35(41)31(47-37)20-23-12-17-28(18-13-23)46-22-24-10-15-27(38)16-11-24/h5-21,34H,4,22H2,1-3H3/b31-20-/t34-/m0/s1. The largest absolute Gasteiger partial charge is 0.493 e. The maximum Gasteiger partial charge on any atom is 0.338 e. The third-order valence-electron chi connectivity index (χ3n) is 7.59. The van der Waals surface area contributed by atoms with Crippen LogP contribution in [0.15, 0.2) is 117 Å². The molecule has 47 heavy (non-hydrogen) atoms. The van der Waals surface area contributed by atoms with Crippen molar-refractivity contribution in [3.8, 4) is 17.2 Å². The Bertz CT molecular complexity index is 2120. The highest BCUT2D eigenvalue weighted by Gasteiger charge is 2.35. The second kappa shape index (κ2) is 14.2. The van der Waals surface area contributed by atoms with E-state index >= 15 is 0 Å².